The zero-order chi connectivity index (χ0) is 19.3. The van der Waals surface area contributed by atoms with Gasteiger partial charge in [-0.1, -0.05) is 0 Å². The van der Waals surface area contributed by atoms with Gasteiger partial charge in [-0.15, -0.1) is 0 Å². The quantitative estimate of drug-likeness (QED) is 0.801. The molecule has 0 radical (unpaired) electrons. The second-order valence-electron chi connectivity index (χ2n) is 7.46. The predicted octanol–water partition coefficient (Wildman–Crippen LogP) is 4.51. The molecule has 1 amide bonds. The van der Waals surface area contributed by atoms with Crippen molar-refractivity contribution >= 4 is 23.0 Å². The third-order valence-corrected chi connectivity index (χ3v) is 4.11. The lowest BCUT2D eigenvalue weighted by atomic mass is 10.1. The second kappa shape index (κ2) is 8.21. The standard InChI is InChI=1S/C21H30N4O/c1-7-25(8-2)18-9-10-19(15(3)11-18)23-17-12-16(13-22-14-17)20(26)24-21(4,5)6/h9-14,23H,7-8H2,1-6H3,(H,24,26). The fraction of sp³-hybridized carbons (Fsp3) is 0.429. The molecule has 5 nitrogen and oxygen atoms in total. The fourth-order valence-electron chi connectivity index (χ4n) is 2.77. The largest absolute Gasteiger partial charge is 0.372 e. The highest BCUT2D eigenvalue weighted by atomic mass is 16.1. The minimum atomic E-state index is -0.280. The molecule has 1 aromatic carbocycles. The van der Waals surface area contributed by atoms with E-state index in [1.807, 2.05) is 26.8 Å². The van der Waals surface area contributed by atoms with Crippen LogP contribution in [0, 0.1) is 6.92 Å². The van der Waals surface area contributed by atoms with Crippen LogP contribution in [-0.4, -0.2) is 29.5 Å². The van der Waals surface area contributed by atoms with Crippen LogP contribution in [0.5, 0.6) is 0 Å². The van der Waals surface area contributed by atoms with Crippen molar-refractivity contribution in [2.75, 3.05) is 23.3 Å². The minimum Gasteiger partial charge on any atom is -0.372 e. The number of hydrogen-bond donors (Lipinski definition) is 2. The number of carbonyl (C=O) groups excluding carboxylic acids is 1. The summed E-state index contributed by atoms with van der Waals surface area (Å²) in [6.45, 7) is 14.2. The Kier molecular flexibility index (Phi) is 6.24. The van der Waals surface area contributed by atoms with Crippen molar-refractivity contribution in [2.24, 2.45) is 0 Å². The lowest BCUT2D eigenvalue weighted by molar-refractivity contribution is 0.0919. The van der Waals surface area contributed by atoms with Crippen LogP contribution in [0.2, 0.25) is 0 Å². The molecule has 0 unspecified atom stereocenters. The maximum atomic E-state index is 12.3. The third-order valence-electron chi connectivity index (χ3n) is 4.11. The Morgan fingerprint density at radius 1 is 1.12 bits per heavy atom. The molecule has 0 fully saturated rings. The number of aryl methyl sites for hydroxylation is 1. The number of carbonyl (C=O) groups is 1. The number of hydrogen-bond acceptors (Lipinski definition) is 4. The molecule has 2 N–H and O–H groups in total. The first-order chi connectivity index (χ1) is 12.2. The summed E-state index contributed by atoms with van der Waals surface area (Å²) in [4.78, 5) is 18.9. The molecule has 0 aliphatic heterocycles. The van der Waals surface area contributed by atoms with E-state index in [-0.39, 0.29) is 11.4 Å². The van der Waals surface area contributed by atoms with Crippen LogP contribution in [-0.2, 0) is 0 Å². The van der Waals surface area contributed by atoms with E-state index in [0.29, 0.717) is 5.56 Å². The van der Waals surface area contributed by atoms with Crippen LogP contribution >= 0.6 is 0 Å². The Morgan fingerprint density at radius 2 is 1.81 bits per heavy atom. The van der Waals surface area contributed by atoms with Crippen molar-refractivity contribution in [2.45, 2.75) is 47.1 Å². The van der Waals surface area contributed by atoms with Gasteiger partial charge in [-0.3, -0.25) is 9.78 Å². The van der Waals surface area contributed by atoms with E-state index in [1.54, 1.807) is 12.4 Å². The molecule has 0 bridgehead atoms. The van der Waals surface area contributed by atoms with E-state index < -0.39 is 0 Å². The topological polar surface area (TPSA) is 57.3 Å². The fourth-order valence-corrected chi connectivity index (χ4v) is 2.77. The van der Waals surface area contributed by atoms with Gasteiger partial charge < -0.3 is 15.5 Å². The molecule has 0 atom stereocenters. The van der Waals surface area contributed by atoms with Crippen LogP contribution in [0.4, 0.5) is 17.1 Å². The van der Waals surface area contributed by atoms with Crippen LogP contribution < -0.4 is 15.5 Å². The zero-order valence-electron chi connectivity index (χ0n) is 16.7. The van der Waals surface area contributed by atoms with E-state index in [9.17, 15) is 4.79 Å². The Hall–Kier alpha value is -2.56. The van der Waals surface area contributed by atoms with E-state index in [4.69, 9.17) is 0 Å². The van der Waals surface area contributed by atoms with Crippen LogP contribution in [0.15, 0.2) is 36.7 Å². The summed E-state index contributed by atoms with van der Waals surface area (Å²) in [5.74, 6) is -0.123. The number of nitrogens with one attached hydrogen (secondary N) is 2. The lowest BCUT2D eigenvalue weighted by Gasteiger charge is -2.22. The summed E-state index contributed by atoms with van der Waals surface area (Å²) in [6.07, 6.45) is 3.31. The van der Waals surface area contributed by atoms with Crippen LogP contribution in [0.3, 0.4) is 0 Å². The Morgan fingerprint density at radius 3 is 2.38 bits per heavy atom. The number of benzene rings is 1. The molecule has 0 spiro atoms. The van der Waals surface area contributed by atoms with Crippen molar-refractivity contribution in [1.29, 1.82) is 0 Å². The lowest BCUT2D eigenvalue weighted by Crippen LogP contribution is -2.40. The summed E-state index contributed by atoms with van der Waals surface area (Å²) in [6, 6.07) is 8.20. The minimum absolute atomic E-state index is 0.123. The van der Waals surface area contributed by atoms with Crippen LogP contribution in [0.1, 0.15) is 50.5 Å². The predicted molar refractivity (Wildman–Crippen MR) is 109 cm³/mol. The molecule has 2 aromatic rings. The molecule has 140 valence electrons. The van der Waals surface area contributed by atoms with Gasteiger partial charge in [-0.05, 0) is 71.4 Å². The SMILES string of the molecule is CCN(CC)c1ccc(Nc2cncc(C(=O)NC(C)(C)C)c2)c(C)c1. The van der Waals surface area contributed by atoms with E-state index in [0.717, 1.165) is 30.0 Å². The highest BCUT2D eigenvalue weighted by Crippen LogP contribution is 2.25. The summed E-state index contributed by atoms with van der Waals surface area (Å²) in [7, 11) is 0. The smallest absolute Gasteiger partial charge is 0.253 e. The molecule has 26 heavy (non-hydrogen) atoms. The Bertz CT molecular complexity index is 761. The average Bonchev–Trinajstić information content (AvgIpc) is 2.57. The molecule has 1 heterocycles. The first-order valence-electron chi connectivity index (χ1n) is 9.13. The number of aromatic nitrogens is 1. The number of rotatable bonds is 6. The molecule has 2 rings (SSSR count). The Balaban J connectivity index is 2.19. The van der Waals surface area contributed by atoms with Crippen molar-refractivity contribution in [3.8, 4) is 0 Å². The monoisotopic (exact) mass is 354 g/mol. The summed E-state index contributed by atoms with van der Waals surface area (Å²) >= 11 is 0. The van der Waals surface area contributed by atoms with Crippen molar-refractivity contribution in [1.82, 2.24) is 10.3 Å². The van der Waals surface area contributed by atoms with Gasteiger partial charge in [0.15, 0.2) is 0 Å². The van der Waals surface area contributed by atoms with Crippen molar-refractivity contribution in [3.63, 3.8) is 0 Å². The molecular weight excluding hydrogens is 324 g/mol. The van der Waals surface area contributed by atoms with E-state index in [2.05, 4.69) is 59.5 Å². The summed E-state index contributed by atoms with van der Waals surface area (Å²) in [5.41, 5.74) is 4.44. The summed E-state index contributed by atoms with van der Waals surface area (Å²) in [5, 5.41) is 6.33. The molecule has 0 saturated carbocycles. The van der Waals surface area contributed by atoms with Crippen LogP contribution in [0.25, 0.3) is 0 Å². The number of nitrogens with zero attached hydrogens (tertiary/aromatic N) is 2. The maximum absolute atomic E-state index is 12.3. The van der Waals surface area contributed by atoms with Gasteiger partial charge in [0.1, 0.15) is 0 Å². The van der Waals surface area contributed by atoms with Gasteiger partial charge >= 0.3 is 0 Å². The van der Waals surface area contributed by atoms with Crippen molar-refractivity contribution < 1.29 is 4.79 Å². The molecule has 0 aliphatic rings. The highest BCUT2D eigenvalue weighted by molar-refractivity contribution is 5.95. The van der Waals surface area contributed by atoms with Gasteiger partial charge in [0.05, 0.1) is 17.4 Å². The van der Waals surface area contributed by atoms with Gasteiger partial charge in [-0.2, -0.15) is 0 Å². The number of amides is 1. The highest BCUT2D eigenvalue weighted by Gasteiger charge is 2.16. The summed E-state index contributed by atoms with van der Waals surface area (Å²) < 4.78 is 0. The van der Waals surface area contributed by atoms with Gasteiger partial charge in [-0.25, -0.2) is 0 Å². The first-order valence-corrected chi connectivity index (χ1v) is 9.13. The molecular formula is C21H30N4O. The first kappa shape index (κ1) is 19.8. The number of pyridine rings is 1. The third kappa shape index (κ3) is 5.22. The second-order valence-corrected chi connectivity index (χ2v) is 7.46. The van der Waals surface area contributed by atoms with Gasteiger partial charge in [0.2, 0.25) is 0 Å². The molecule has 0 saturated heterocycles. The molecule has 5 heteroatoms. The van der Waals surface area contributed by atoms with E-state index in [1.165, 1.54) is 5.69 Å². The zero-order valence-corrected chi connectivity index (χ0v) is 16.7. The van der Waals surface area contributed by atoms with E-state index >= 15 is 0 Å². The maximum Gasteiger partial charge on any atom is 0.253 e. The molecule has 1 aromatic heterocycles. The van der Waals surface area contributed by atoms with Gasteiger partial charge in [0.25, 0.3) is 5.91 Å². The van der Waals surface area contributed by atoms with Crippen molar-refractivity contribution in [3.05, 3.63) is 47.8 Å². The number of anilines is 3. The average molecular weight is 354 g/mol. The normalized spacial score (nSPS) is 11.2. The van der Waals surface area contributed by atoms with Gasteiger partial charge in [0, 0.05) is 36.2 Å². The molecule has 0 aliphatic carbocycles. The Labute approximate surface area is 156 Å².